The van der Waals surface area contributed by atoms with E-state index in [-0.39, 0.29) is 0 Å². The first kappa shape index (κ1) is 41.7. The van der Waals surface area contributed by atoms with Crippen molar-refractivity contribution in [2.24, 2.45) is 0 Å². The quantitative estimate of drug-likeness (QED) is 0.0776. The fourth-order valence-electron chi connectivity index (χ4n) is 8.82. The number of anilines is 4. The molecular formula is C56H38N12O4. The average molecular weight is 943 g/mol. The fraction of sp³-hybridized carbons (Fsp3) is 0. The van der Waals surface area contributed by atoms with E-state index in [0.717, 1.165) is 10.8 Å². The number of nitrogen functional groups attached to an aromatic ring is 4. The first-order valence-electron chi connectivity index (χ1n) is 22.7. The van der Waals surface area contributed by atoms with Crippen molar-refractivity contribution in [2.75, 3.05) is 22.9 Å². The van der Waals surface area contributed by atoms with Gasteiger partial charge in [-0.1, -0.05) is 24.3 Å². The van der Waals surface area contributed by atoms with Gasteiger partial charge in [-0.05, 0) is 121 Å². The van der Waals surface area contributed by atoms with E-state index in [1.54, 1.807) is 48.5 Å². The van der Waals surface area contributed by atoms with Crippen LogP contribution in [0.3, 0.4) is 0 Å². The first-order valence-corrected chi connectivity index (χ1v) is 22.7. The maximum atomic E-state index is 6.34. The molecule has 2 aliphatic heterocycles. The zero-order chi connectivity index (χ0) is 48.5. The Hall–Kier alpha value is -10.5. The van der Waals surface area contributed by atoms with Gasteiger partial charge in [0, 0.05) is 90.8 Å². The fourth-order valence-corrected chi connectivity index (χ4v) is 8.82. The predicted molar refractivity (Wildman–Crippen MR) is 280 cm³/mol. The summed E-state index contributed by atoms with van der Waals surface area (Å²) in [6, 6.07) is 51.7. The summed E-state index contributed by atoms with van der Waals surface area (Å²) < 4.78 is 25.3. The van der Waals surface area contributed by atoms with Crippen molar-refractivity contribution in [3.05, 3.63) is 170 Å². The van der Waals surface area contributed by atoms with Gasteiger partial charge in [-0.3, -0.25) is 0 Å². The Balaban J connectivity index is 1.07. The summed E-state index contributed by atoms with van der Waals surface area (Å²) in [6.45, 7) is 0. The molecule has 346 valence electrons. The Morgan fingerprint density at radius 3 is 0.903 bits per heavy atom. The van der Waals surface area contributed by atoms with Gasteiger partial charge in [0.1, 0.15) is 68.6 Å². The monoisotopic (exact) mass is 942 g/mol. The highest BCUT2D eigenvalue weighted by atomic mass is 16.5. The molecular weight excluding hydrogens is 905 g/mol. The van der Waals surface area contributed by atoms with E-state index in [4.69, 9.17) is 71.8 Å². The second kappa shape index (κ2) is 16.6. The van der Waals surface area contributed by atoms with Crippen LogP contribution >= 0.6 is 0 Å². The highest BCUT2D eigenvalue weighted by molar-refractivity contribution is 6.07. The van der Waals surface area contributed by atoms with E-state index in [1.807, 2.05) is 121 Å². The number of hydrogen-bond acceptors (Lipinski definition) is 14. The Bertz CT molecular complexity index is 3940. The number of hydrogen-bond donors (Lipinski definition) is 6. The van der Waals surface area contributed by atoms with Crippen molar-refractivity contribution < 1.29 is 18.9 Å². The normalized spacial score (nSPS) is 11.6. The lowest BCUT2D eigenvalue weighted by atomic mass is 10.1. The third-order valence-corrected chi connectivity index (χ3v) is 12.1. The lowest BCUT2D eigenvalue weighted by Crippen LogP contribution is -1.89. The smallest absolute Gasteiger partial charge is 0.164 e. The molecule has 0 saturated heterocycles. The van der Waals surface area contributed by atoms with Gasteiger partial charge in [0.05, 0.1) is 0 Å². The van der Waals surface area contributed by atoms with Crippen molar-refractivity contribution in [2.45, 2.75) is 0 Å². The summed E-state index contributed by atoms with van der Waals surface area (Å²) in [5.41, 5.74) is 31.5. The molecule has 13 rings (SSSR count). The molecule has 0 fully saturated rings. The van der Waals surface area contributed by atoms with E-state index in [2.05, 4.69) is 9.97 Å². The van der Waals surface area contributed by atoms with Gasteiger partial charge in [-0.15, -0.1) is 0 Å². The molecule has 16 heteroatoms. The zero-order valence-electron chi connectivity index (χ0n) is 37.8. The molecule has 2 aliphatic rings. The third-order valence-electron chi connectivity index (χ3n) is 12.1. The highest BCUT2D eigenvalue weighted by Gasteiger charge is 2.24. The number of H-pyrrole nitrogens is 2. The number of nitrogens with zero attached hydrogens (tertiary/aromatic N) is 6. The van der Waals surface area contributed by atoms with Crippen LogP contribution in [0.1, 0.15) is 0 Å². The minimum Gasteiger partial charge on any atom is -0.457 e. The summed E-state index contributed by atoms with van der Waals surface area (Å²) >= 11 is 0. The molecule has 10 N–H and O–H groups in total. The Morgan fingerprint density at radius 2 is 0.556 bits per heavy atom. The van der Waals surface area contributed by atoms with E-state index in [9.17, 15) is 0 Å². The van der Waals surface area contributed by atoms with Crippen LogP contribution in [-0.2, 0) is 0 Å². The molecule has 16 nitrogen and oxygen atoms in total. The van der Waals surface area contributed by atoms with Gasteiger partial charge >= 0.3 is 0 Å². The molecule has 0 atom stereocenters. The molecule has 8 bridgehead atoms. The average Bonchev–Trinajstić information content (AvgIpc) is 4.09. The molecule has 0 radical (unpaired) electrons. The number of benzene rings is 8. The first-order chi connectivity index (χ1) is 35.2. The zero-order valence-corrected chi connectivity index (χ0v) is 37.8. The van der Waals surface area contributed by atoms with Crippen LogP contribution in [0.2, 0.25) is 0 Å². The van der Waals surface area contributed by atoms with Gasteiger partial charge < -0.3 is 51.9 Å². The van der Waals surface area contributed by atoms with Crippen molar-refractivity contribution in [1.82, 2.24) is 39.9 Å². The van der Waals surface area contributed by atoms with Crippen LogP contribution in [-0.4, -0.2) is 39.9 Å². The number of aromatic nitrogens is 8. The van der Waals surface area contributed by atoms with Crippen molar-refractivity contribution >= 4 is 66.9 Å². The minimum atomic E-state index is 0.377. The van der Waals surface area contributed by atoms with Crippen LogP contribution < -0.4 is 41.9 Å². The number of nitrogens with one attached hydrogen (secondary N) is 2. The molecule has 0 spiro atoms. The highest BCUT2D eigenvalue weighted by Crippen LogP contribution is 2.42. The largest absolute Gasteiger partial charge is 0.457 e. The van der Waals surface area contributed by atoms with Crippen LogP contribution in [0.25, 0.3) is 89.7 Å². The van der Waals surface area contributed by atoms with Gasteiger partial charge in [-0.2, -0.15) is 0 Å². The Morgan fingerprint density at radius 1 is 0.264 bits per heavy atom. The Kier molecular flexibility index (Phi) is 9.63. The van der Waals surface area contributed by atoms with Crippen molar-refractivity contribution in [1.29, 1.82) is 0 Å². The van der Waals surface area contributed by atoms with Gasteiger partial charge in [-0.25, -0.2) is 29.9 Å². The topological polar surface area (TPSA) is 250 Å². The van der Waals surface area contributed by atoms with E-state index in [0.29, 0.717) is 148 Å². The standard InChI is InChI=1S/C56H38N12O4/c57-29-5-1-9-33(21-29)69-37-13-17-41-45(25-37)53-61-49(41)66-54-47-27-39(71-35-11-3-7-31(59)23-35)15-19-43(47)51(63-54)68-56-48-28-40(72-36-12-4-8-32(60)24-36)16-20-44(48)52(64-56)67-55-46-26-38(14-18-42(46)50(62-55)65-53)70-34-10-2-6-30(58)22-34/h1-28H,57-60H2,(H2,61,62,63,64,65,66,67,68). The van der Waals surface area contributed by atoms with Gasteiger partial charge in [0.25, 0.3) is 0 Å². The summed E-state index contributed by atoms with van der Waals surface area (Å²) in [5, 5.41) is 2.90. The number of nitrogens with two attached hydrogens (primary N) is 4. The predicted octanol–water partition coefficient (Wildman–Crippen LogP) is 12.4. The summed E-state index contributed by atoms with van der Waals surface area (Å²) in [5.74, 6) is 6.05. The molecule has 5 heterocycles. The number of aromatic amines is 2. The SMILES string of the molecule is Nc1cccc(Oc2ccc3c(c2)-c2nc-3nc3[nH]c(nc4nc(nc5[nH]c(n2)c2ccc(Oc6cccc(N)c6)cc52)-c2ccc(Oc5cccc(N)c5)cc2-4)c2ccc(Oc4cccc(N)c4)cc32)c1. The van der Waals surface area contributed by atoms with Crippen LogP contribution in [0, 0.1) is 0 Å². The molecule has 3 aromatic heterocycles. The van der Waals surface area contributed by atoms with E-state index < -0.39 is 0 Å². The molecule has 0 saturated carbocycles. The second-order valence-corrected chi connectivity index (χ2v) is 17.1. The minimum absolute atomic E-state index is 0.377. The lowest BCUT2D eigenvalue weighted by Gasteiger charge is -2.08. The lowest BCUT2D eigenvalue weighted by molar-refractivity contribution is 0.483. The van der Waals surface area contributed by atoms with E-state index in [1.165, 1.54) is 0 Å². The molecule has 8 aromatic carbocycles. The summed E-state index contributed by atoms with van der Waals surface area (Å²) in [7, 11) is 0. The molecule has 11 aromatic rings. The molecule has 0 aliphatic carbocycles. The van der Waals surface area contributed by atoms with Crippen molar-refractivity contribution in [3.63, 3.8) is 0 Å². The second-order valence-electron chi connectivity index (χ2n) is 17.1. The van der Waals surface area contributed by atoms with Gasteiger partial charge in [0.2, 0.25) is 0 Å². The number of fused-ring (bicyclic) bond motifs is 20. The van der Waals surface area contributed by atoms with Crippen LogP contribution in [0.4, 0.5) is 22.7 Å². The number of rotatable bonds is 8. The Labute approximate surface area is 408 Å². The van der Waals surface area contributed by atoms with Gasteiger partial charge in [0.15, 0.2) is 23.3 Å². The van der Waals surface area contributed by atoms with Crippen LogP contribution in [0.5, 0.6) is 46.0 Å². The molecule has 0 unspecified atom stereocenters. The molecule has 0 amide bonds. The molecule has 72 heavy (non-hydrogen) atoms. The van der Waals surface area contributed by atoms with Crippen LogP contribution in [0.15, 0.2) is 170 Å². The number of ether oxygens (including phenoxy) is 4. The maximum Gasteiger partial charge on any atom is 0.164 e. The van der Waals surface area contributed by atoms with Crippen molar-refractivity contribution in [3.8, 4) is 91.5 Å². The maximum absolute atomic E-state index is 6.34. The summed E-state index contributed by atoms with van der Waals surface area (Å²) in [6.07, 6.45) is 0. The third kappa shape index (κ3) is 7.81. The summed E-state index contributed by atoms with van der Waals surface area (Å²) in [4.78, 5) is 38.2. The van der Waals surface area contributed by atoms with E-state index >= 15 is 0 Å².